The van der Waals surface area contributed by atoms with Gasteiger partial charge >= 0.3 is 12.1 Å². The number of ketones is 1. The molecule has 0 heterocycles. The summed E-state index contributed by atoms with van der Waals surface area (Å²) in [6, 6.07) is 8.56. The number of nitrogens with one attached hydrogen (secondary N) is 1. The molecular weight excluding hydrogens is 443 g/mol. The Labute approximate surface area is 190 Å². The van der Waals surface area contributed by atoms with E-state index in [0.717, 1.165) is 25.0 Å². The van der Waals surface area contributed by atoms with Crippen molar-refractivity contribution in [3.05, 3.63) is 58.1 Å². The van der Waals surface area contributed by atoms with Gasteiger partial charge in [-0.05, 0) is 66.3 Å². The third kappa shape index (κ3) is 6.81. The molecule has 1 saturated carbocycles. The summed E-state index contributed by atoms with van der Waals surface area (Å²) in [5, 5.41) is 3.46. The van der Waals surface area contributed by atoms with Crippen molar-refractivity contribution in [2.24, 2.45) is 5.92 Å². The minimum absolute atomic E-state index is 0.0128. The lowest BCUT2D eigenvalue weighted by atomic mass is 9.95. The van der Waals surface area contributed by atoms with Gasteiger partial charge in [0.15, 0.2) is 0 Å². The van der Waals surface area contributed by atoms with E-state index in [1.807, 2.05) is 0 Å². The van der Waals surface area contributed by atoms with Crippen molar-refractivity contribution < 1.29 is 27.5 Å². The number of benzene rings is 2. The summed E-state index contributed by atoms with van der Waals surface area (Å²) >= 11 is 6.23. The van der Waals surface area contributed by atoms with Crippen LogP contribution in [0.4, 0.5) is 13.2 Å². The largest absolute Gasteiger partial charge is 0.466 e. The molecule has 1 fully saturated rings. The van der Waals surface area contributed by atoms with Gasteiger partial charge in [0.25, 0.3) is 0 Å². The van der Waals surface area contributed by atoms with Crippen molar-refractivity contribution in [3.8, 4) is 11.1 Å². The van der Waals surface area contributed by atoms with Crippen molar-refractivity contribution in [1.29, 1.82) is 0 Å². The Hall–Kier alpha value is -2.38. The van der Waals surface area contributed by atoms with Crippen LogP contribution in [0.1, 0.15) is 42.9 Å². The molecule has 1 N–H and O–H groups in total. The number of rotatable bonds is 10. The molecule has 2 aromatic carbocycles. The standard InChI is InChI=1S/C24H25ClF3NO3/c1-2-32-23(31)11-15-9-17(13-20(25)10-15)21-6-5-19(24(26,27)28)12-18(21)14-29-8-7-22(30)16-3-4-16/h5-6,9-10,12-13,16,29H,2-4,7-8,11,14H2,1H3. The molecule has 0 aliphatic heterocycles. The molecule has 0 amide bonds. The van der Waals surface area contributed by atoms with E-state index >= 15 is 0 Å². The van der Waals surface area contributed by atoms with E-state index in [0.29, 0.717) is 40.2 Å². The summed E-state index contributed by atoms with van der Waals surface area (Å²) in [4.78, 5) is 23.7. The van der Waals surface area contributed by atoms with Gasteiger partial charge < -0.3 is 10.1 Å². The fourth-order valence-electron chi connectivity index (χ4n) is 3.53. The van der Waals surface area contributed by atoms with Gasteiger partial charge in [-0.25, -0.2) is 0 Å². The Morgan fingerprint density at radius 2 is 1.91 bits per heavy atom. The zero-order valence-corrected chi connectivity index (χ0v) is 18.5. The van der Waals surface area contributed by atoms with Crippen LogP contribution in [-0.4, -0.2) is 24.9 Å². The van der Waals surface area contributed by atoms with E-state index in [1.54, 1.807) is 25.1 Å². The van der Waals surface area contributed by atoms with Gasteiger partial charge in [-0.15, -0.1) is 0 Å². The fourth-order valence-corrected chi connectivity index (χ4v) is 3.79. The van der Waals surface area contributed by atoms with Crippen LogP contribution in [0.25, 0.3) is 11.1 Å². The number of hydrogen-bond acceptors (Lipinski definition) is 4. The van der Waals surface area contributed by atoms with E-state index in [-0.39, 0.29) is 31.3 Å². The topological polar surface area (TPSA) is 55.4 Å². The summed E-state index contributed by atoms with van der Waals surface area (Å²) < 4.78 is 44.9. The third-order valence-corrected chi connectivity index (χ3v) is 5.47. The summed E-state index contributed by atoms with van der Waals surface area (Å²) in [6.07, 6.45) is -2.24. The molecular formula is C24H25ClF3NO3. The van der Waals surface area contributed by atoms with Crippen LogP contribution in [0.2, 0.25) is 5.02 Å². The lowest BCUT2D eigenvalue weighted by Gasteiger charge is -2.16. The second-order valence-corrected chi connectivity index (χ2v) is 8.30. The maximum atomic E-state index is 13.3. The quantitative estimate of drug-likeness (QED) is 0.365. The van der Waals surface area contributed by atoms with Gasteiger partial charge in [0, 0.05) is 30.5 Å². The number of ether oxygens (including phenoxy) is 1. The molecule has 0 unspecified atom stereocenters. The summed E-state index contributed by atoms with van der Waals surface area (Å²) in [5.41, 5.74) is 1.48. The molecule has 0 aromatic heterocycles. The van der Waals surface area contributed by atoms with E-state index in [4.69, 9.17) is 16.3 Å². The van der Waals surface area contributed by atoms with Gasteiger partial charge in [-0.1, -0.05) is 23.7 Å². The third-order valence-electron chi connectivity index (χ3n) is 5.25. The maximum Gasteiger partial charge on any atom is 0.416 e. The minimum Gasteiger partial charge on any atom is -0.466 e. The van der Waals surface area contributed by atoms with Gasteiger partial charge in [0.2, 0.25) is 0 Å². The normalized spacial score (nSPS) is 13.8. The summed E-state index contributed by atoms with van der Waals surface area (Å²) in [6.45, 7) is 2.52. The highest BCUT2D eigenvalue weighted by molar-refractivity contribution is 6.31. The van der Waals surface area contributed by atoms with E-state index in [1.165, 1.54) is 6.07 Å². The van der Waals surface area contributed by atoms with Crippen LogP contribution in [0.5, 0.6) is 0 Å². The molecule has 32 heavy (non-hydrogen) atoms. The van der Waals surface area contributed by atoms with Crippen molar-refractivity contribution in [2.45, 2.75) is 45.3 Å². The first kappa shape index (κ1) is 24.3. The average Bonchev–Trinajstić information content (AvgIpc) is 3.55. The van der Waals surface area contributed by atoms with Crippen LogP contribution in [0.3, 0.4) is 0 Å². The average molecular weight is 468 g/mol. The summed E-state index contributed by atoms with van der Waals surface area (Å²) in [5.74, 6) is -0.0548. The van der Waals surface area contributed by atoms with Gasteiger partial charge in [0.1, 0.15) is 5.78 Å². The molecule has 0 bridgehead atoms. The number of carbonyl (C=O) groups excluding carboxylic acids is 2. The molecule has 0 saturated heterocycles. The van der Waals surface area contributed by atoms with Crippen molar-refractivity contribution in [1.82, 2.24) is 5.32 Å². The monoisotopic (exact) mass is 467 g/mol. The molecule has 0 radical (unpaired) electrons. The number of esters is 1. The Balaban J connectivity index is 1.84. The Morgan fingerprint density at radius 3 is 2.56 bits per heavy atom. The lowest BCUT2D eigenvalue weighted by Crippen LogP contribution is -2.19. The fraction of sp³-hybridized carbons (Fsp3) is 0.417. The van der Waals surface area contributed by atoms with Crippen molar-refractivity contribution in [3.63, 3.8) is 0 Å². The molecule has 1 aliphatic carbocycles. The Kier molecular flexibility index (Phi) is 7.96. The maximum absolute atomic E-state index is 13.3. The van der Waals surface area contributed by atoms with Gasteiger partial charge in [-0.3, -0.25) is 9.59 Å². The number of Topliss-reactive ketones (excluding diaryl/α,β-unsaturated/α-hetero) is 1. The predicted molar refractivity (Wildman–Crippen MR) is 116 cm³/mol. The van der Waals surface area contributed by atoms with Gasteiger partial charge in [-0.2, -0.15) is 13.2 Å². The van der Waals surface area contributed by atoms with Crippen LogP contribution in [0.15, 0.2) is 36.4 Å². The number of halogens is 4. The molecule has 2 aromatic rings. The number of alkyl halides is 3. The lowest BCUT2D eigenvalue weighted by molar-refractivity contribution is -0.142. The highest BCUT2D eigenvalue weighted by atomic mass is 35.5. The molecule has 4 nitrogen and oxygen atoms in total. The number of carbonyl (C=O) groups is 2. The molecule has 0 atom stereocenters. The molecule has 3 rings (SSSR count). The first-order valence-corrected chi connectivity index (χ1v) is 10.9. The smallest absolute Gasteiger partial charge is 0.416 e. The van der Waals surface area contributed by atoms with Crippen LogP contribution in [0, 0.1) is 5.92 Å². The Morgan fingerprint density at radius 1 is 1.16 bits per heavy atom. The molecule has 1 aliphatic rings. The molecule has 8 heteroatoms. The van der Waals surface area contributed by atoms with Crippen LogP contribution < -0.4 is 5.32 Å². The first-order valence-electron chi connectivity index (χ1n) is 10.6. The van der Waals surface area contributed by atoms with Crippen LogP contribution in [-0.2, 0) is 33.5 Å². The van der Waals surface area contributed by atoms with Crippen molar-refractivity contribution >= 4 is 23.4 Å². The van der Waals surface area contributed by atoms with E-state index in [9.17, 15) is 22.8 Å². The van der Waals surface area contributed by atoms with E-state index in [2.05, 4.69) is 5.32 Å². The minimum atomic E-state index is -4.47. The molecule has 172 valence electrons. The zero-order chi connectivity index (χ0) is 23.3. The second-order valence-electron chi connectivity index (χ2n) is 7.87. The molecule has 0 spiro atoms. The van der Waals surface area contributed by atoms with Crippen LogP contribution >= 0.6 is 11.6 Å². The van der Waals surface area contributed by atoms with E-state index < -0.39 is 17.7 Å². The SMILES string of the molecule is CCOC(=O)Cc1cc(Cl)cc(-c2ccc(C(F)(F)F)cc2CNCCC(=O)C2CC2)c1. The van der Waals surface area contributed by atoms with Crippen molar-refractivity contribution in [2.75, 3.05) is 13.2 Å². The first-order chi connectivity index (χ1) is 15.2. The highest BCUT2D eigenvalue weighted by Gasteiger charge is 2.31. The Bertz CT molecular complexity index is 987. The van der Waals surface area contributed by atoms with Gasteiger partial charge in [0.05, 0.1) is 18.6 Å². The highest BCUT2D eigenvalue weighted by Crippen LogP contribution is 2.35. The summed E-state index contributed by atoms with van der Waals surface area (Å²) in [7, 11) is 0. The number of hydrogen-bond donors (Lipinski definition) is 1. The predicted octanol–water partition coefficient (Wildman–Crippen LogP) is 5.59. The zero-order valence-electron chi connectivity index (χ0n) is 17.7. The second kappa shape index (κ2) is 10.5.